The Hall–Kier alpha value is -2.45. The van der Waals surface area contributed by atoms with Gasteiger partial charge in [-0.05, 0) is 37.4 Å². The molecule has 1 amide bonds. The van der Waals surface area contributed by atoms with Crippen molar-refractivity contribution in [2.24, 2.45) is 0 Å². The molecule has 24 heavy (non-hydrogen) atoms. The van der Waals surface area contributed by atoms with Gasteiger partial charge in [-0.25, -0.2) is 18.1 Å². The summed E-state index contributed by atoms with van der Waals surface area (Å²) in [5.74, 6) is 0.505. The van der Waals surface area contributed by atoms with Crippen LogP contribution in [-0.2, 0) is 16.6 Å². The molecular formula is C16H20N4O3S. The van der Waals surface area contributed by atoms with Crippen LogP contribution in [-0.4, -0.2) is 40.5 Å². The van der Waals surface area contributed by atoms with Crippen LogP contribution in [0.3, 0.4) is 0 Å². The summed E-state index contributed by atoms with van der Waals surface area (Å²) in [6.45, 7) is 0.330. The molecule has 0 atom stereocenters. The van der Waals surface area contributed by atoms with Crippen molar-refractivity contribution in [3.8, 4) is 0 Å². The van der Waals surface area contributed by atoms with E-state index in [0.717, 1.165) is 11.4 Å². The minimum atomic E-state index is -3.51. The topological polar surface area (TPSA) is 91.4 Å². The van der Waals surface area contributed by atoms with Crippen LogP contribution >= 0.6 is 0 Å². The van der Waals surface area contributed by atoms with Gasteiger partial charge in [-0.2, -0.15) is 0 Å². The minimum Gasteiger partial charge on any atom is -0.362 e. The highest BCUT2D eigenvalue weighted by molar-refractivity contribution is 7.89. The summed E-state index contributed by atoms with van der Waals surface area (Å²) in [5.41, 5.74) is 1.28. The smallest absolute Gasteiger partial charge is 0.251 e. The number of carbonyl (C=O) groups is 1. The maximum Gasteiger partial charge on any atom is 0.251 e. The number of amides is 1. The van der Waals surface area contributed by atoms with E-state index in [2.05, 4.69) is 15.0 Å². The van der Waals surface area contributed by atoms with Crippen molar-refractivity contribution in [1.29, 1.82) is 0 Å². The molecule has 8 heteroatoms. The molecule has 0 saturated heterocycles. The Bertz CT molecular complexity index is 817. The SMILES string of the molecule is CNS(=O)(=O)c1ccc(C(=O)NCc2cccnc2N(C)C)cc1. The van der Waals surface area contributed by atoms with Crippen molar-refractivity contribution >= 4 is 21.7 Å². The first-order valence-corrected chi connectivity index (χ1v) is 8.76. The van der Waals surface area contributed by atoms with E-state index >= 15 is 0 Å². The quantitative estimate of drug-likeness (QED) is 0.812. The predicted molar refractivity (Wildman–Crippen MR) is 92.4 cm³/mol. The molecule has 0 bridgehead atoms. The number of anilines is 1. The summed E-state index contributed by atoms with van der Waals surface area (Å²) >= 11 is 0. The van der Waals surface area contributed by atoms with Crippen molar-refractivity contribution in [2.75, 3.05) is 26.0 Å². The summed E-state index contributed by atoms with van der Waals surface area (Å²) in [6, 6.07) is 9.47. The van der Waals surface area contributed by atoms with Crippen LogP contribution in [0.1, 0.15) is 15.9 Å². The third-order valence-electron chi connectivity index (χ3n) is 3.43. The third-order valence-corrected chi connectivity index (χ3v) is 4.86. The second-order valence-corrected chi connectivity index (χ2v) is 7.18. The molecule has 0 saturated carbocycles. The minimum absolute atomic E-state index is 0.115. The second kappa shape index (κ2) is 7.41. The van der Waals surface area contributed by atoms with Gasteiger partial charge in [0.25, 0.3) is 5.91 Å². The molecule has 2 N–H and O–H groups in total. The first-order valence-electron chi connectivity index (χ1n) is 7.28. The normalized spacial score (nSPS) is 11.1. The van der Waals surface area contributed by atoms with Gasteiger partial charge in [0, 0.05) is 38.0 Å². The van der Waals surface area contributed by atoms with Gasteiger partial charge in [-0.15, -0.1) is 0 Å². The van der Waals surface area contributed by atoms with Gasteiger partial charge >= 0.3 is 0 Å². The molecule has 0 unspecified atom stereocenters. The van der Waals surface area contributed by atoms with Crippen LogP contribution in [0.5, 0.6) is 0 Å². The Labute approximate surface area is 141 Å². The maximum absolute atomic E-state index is 12.2. The molecule has 0 aliphatic heterocycles. The summed E-state index contributed by atoms with van der Waals surface area (Å²) in [7, 11) is 1.60. The average molecular weight is 348 g/mol. The van der Waals surface area contributed by atoms with Crippen molar-refractivity contribution in [2.45, 2.75) is 11.4 Å². The van der Waals surface area contributed by atoms with E-state index in [4.69, 9.17) is 0 Å². The molecule has 0 aliphatic rings. The Morgan fingerprint density at radius 3 is 2.42 bits per heavy atom. The monoisotopic (exact) mass is 348 g/mol. The van der Waals surface area contributed by atoms with Gasteiger partial charge in [0.15, 0.2) is 0 Å². The number of rotatable bonds is 6. The molecular weight excluding hydrogens is 328 g/mol. The Morgan fingerprint density at radius 2 is 1.83 bits per heavy atom. The molecule has 1 aromatic heterocycles. The van der Waals surface area contributed by atoms with E-state index in [1.807, 2.05) is 31.1 Å². The van der Waals surface area contributed by atoms with Gasteiger partial charge in [-0.3, -0.25) is 4.79 Å². The van der Waals surface area contributed by atoms with Crippen LogP contribution in [0.2, 0.25) is 0 Å². The number of benzene rings is 1. The standard InChI is InChI=1S/C16H20N4O3S/c1-17-24(22,23)14-8-6-12(7-9-14)16(21)19-11-13-5-4-10-18-15(13)20(2)3/h4-10,17H,11H2,1-3H3,(H,19,21). The Morgan fingerprint density at radius 1 is 1.17 bits per heavy atom. The van der Waals surface area contributed by atoms with Crippen molar-refractivity contribution in [3.63, 3.8) is 0 Å². The zero-order valence-corrected chi connectivity index (χ0v) is 14.6. The lowest BCUT2D eigenvalue weighted by atomic mass is 10.2. The molecule has 0 fully saturated rings. The number of pyridine rings is 1. The van der Waals surface area contributed by atoms with Crippen LogP contribution in [0.15, 0.2) is 47.5 Å². The van der Waals surface area contributed by atoms with Gasteiger partial charge in [0.05, 0.1) is 4.90 Å². The van der Waals surface area contributed by atoms with Gasteiger partial charge < -0.3 is 10.2 Å². The molecule has 2 rings (SSSR count). The number of hydrogen-bond donors (Lipinski definition) is 2. The Balaban J connectivity index is 2.09. The number of sulfonamides is 1. The number of carbonyl (C=O) groups excluding carboxylic acids is 1. The fourth-order valence-electron chi connectivity index (χ4n) is 2.15. The van der Waals surface area contributed by atoms with E-state index in [1.165, 1.54) is 31.3 Å². The van der Waals surface area contributed by atoms with E-state index in [0.29, 0.717) is 12.1 Å². The van der Waals surface area contributed by atoms with E-state index in [1.54, 1.807) is 6.20 Å². The fraction of sp³-hybridized carbons (Fsp3) is 0.250. The average Bonchev–Trinajstić information content (AvgIpc) is 2.60. The number of aromatic nitrogens is 1. The number of hydrogen-bond acceptors (Lipinski definition) is 5. The van der Waals surface area contributed by atoms with Crippen LogP contribution in [0.4, 0.5) is 5.82 Å². The molecule has 0 radical (unpaired) electrons. The van der Waals surface area contributed by atoms with E-state index in [-0.39, 0.29) is 10.8 Å². The highest BCUT2D eigenvalue weighted by Crippen LogP contribution is 2.14. The van der Waals surface area contributed by atoms with Crippen LogP contribution < -0.4 is 14.9 Å². The lowest BCUT2D eigenvalue weighted by Crippen LogP contribution is -2.25. The molecule has 1 aromatic carbocycles. The number of nitrogens with zero attached hydrogens (tertiary/aromatic N) is 2. The molecule has 1 heterocycles. The zero-order valence-electron chi connectivity index (χ0n) is 13.8. The van der Waals surface area contributed by atoms with Crippen LogP contribution in [0, 0.1) is 0 Å². The zero-order chi connectivity index (χ0) is 17.7. The largest absolute Gasteiger partial charge is 0.362 e. The lowest BCUT2D eigenvalue weighted by Gasteiger charge is -2.16. The van der Waals surface area contributed by atoms with E-state index in [9.17, 15) is 13.2 Å². The van der Waals surface area contributed by atoms with Gasteiger partial charge in [0.1, 0.15) is 5.82 Å². The molecule has 0 aliphatic carbocycles. The first-order chi connectivity index (χ1) is 11.3. The van der Waals surface area contributed by atoms with Crippen molar-refractivity contribution in [3.05, 3.63) is 53.7 Å². The highest BCUT2D eigenvalue weighted by atomic mass is 32.2. The van der Waals surface area contributed by atoms with E-state index < -0.39 is 10.0 Å². The summed E-state index contributed by atoms with van der Waals surface area (Å²) < 4.78 is 25.6. The molecule has 7 nitrogen and oxygen atoms in total. The summed E-state index contributed by atoms with van der Waals surface area (Å²) in [5, 5.41) is 2.81. The lowest BCUT2D eigenvalue weighted by molar-refractivity contribution is 0.0951. The number of nitrogens with one attached hydrogen (secondary N) is 2. The third kappa shape index (κ3) is 4.09. The summed E-state index contributed by atoms with van der Waals surface area (Å²) in [4.78, 5) is 18.5. The maximum atomic E-state index is 12.2. The van der Waals surface area contributed by atoms with Gasteiger partial charge in [-0.1, -0.05) is 6.07 Å². The molecule has 128 valence electrons. The van der Waals surface area contributed by atoms with Crippen molar-refractivity contribution in [1.82, 2.24) is 15.0 Å². The highest BCUT2D eigenvalue weighted by Gasteiger charge is 2.13. The molecule has 0 spiro atoms. The Kier molecular flexibility index (Phi) is 5.53. The summed E-state index contributed by atoms with van der Waals surface area (Å²) in [6.07, 6.45) is 1.70. The predicted octanol–water partition coefficient (Wildman–Crippen LogP) is 0.986. The van der Waals surface area contributed by atoms with Crippen molar-refractivity contribution < 1.29 is 13.2 Å². The van der Waals surface area contributed by atoms with Crippen LogP contribution in [0.25, 0.3) is 0 Å². The van der Waals surface area contributed by atoms with Gasteiger partial charge in [0.2, 0.25) is 10.0 Å². The first kappa shape index (κ1) is 17.9. The molecule has 2 aromatic rings. The second-order valence-electron chi connectivity index (χ2n) is 5.30. The fourth-order valence-corrected chi connectivity index (χ4v) is 2.88.